The molecule has 1 fully saturated rings. The van der Waals surface area contributed by atoms with Crippen LogP contribution in [0.1, 0.15) is 79.8 Å². The van der Waals surface area contributed by atoms with E-state index in [4.69, 9.17) is 0 Å². The summed E-state index contributed by atoms with van der Waals surface area (Å²) in [5.41, 5.74) is 1.17. The maximum atomic E-state index is 13.6. The van der Waals surface area contributed by atoms with E-state index in [0.717, 1.165) is 18.4 Å². The van der Waals surface area contributed by atoms with E-state index in [0.29, 0.717) is 0 Å². The lowest BCUT2D eigenvalue weighted by Gasteiger charge is -2.54. The third-order valence-corrected chi connectivity index (χ3v) is 6.51. The first-order chi connectivity index (χ1) is 12.9. The molecule has 0 radical (unpaired) electrons. The van der Waals surface area contributed by atoms with E-state index >= 15 is 0 Å². The standard InChI is InChI=1S/C24H41N3O/c1-17(2)27(18(3)4)21(19-13-11-10-12-14-19)22(28)25-20-15-23(5,6)26(9)24(7,8)16-20/h10-14,17-18,20-21H,15-16H2,1-9H3,(H,25,28). The van der Waals surface area contributed by atoms with Crippen molar-refractivity contribution in [3.63, 3.8) is 0 Å². The van der Waals surface area contributed by atoms with E-state index in [-0.39, 0.29) is 41.2 Å². The van der Waals surface area contributed by atoms with Crippen LogP contribution in [0, 0.1) is 0 Å². The van der Waals surface area contributed by atoms with E-state index in [1.54, 1.807) is 0 Å². The number of nitrogens with one attached hydrogen (secondary N) is 1. The molecule has 0 aromatic heterocycles. The second-order valence-corrected chi connectivity index (χ2v) is 10.2. The first kappa shape index (κ1) is 22.9. The predicted octanol–water partition coefficient (Wildman–Crippen LogP) is 4.61. The largest absolute Gasteiger partial charge is 0.352 e. The van der Waals surface area contributed by atoms with Crippen molar-refractivity contribution in [2.24, 2.45) is 0 Å². The summed E-state index contributed by atoms with van der Waals surface area (Å²) in [4.78, 5) is 18.4. The summed E-state index contributed by atoms with van der Waals surface area (Å²) in [7, 11) is 2.20. The van der Waals surface area contributed by atoms with Gasteiger partial charge in [-0.2, -0.15) is 0 Å². The predicted molar refractivity (Wildman–Crippen MR) is 118 cm³/mol. The lowest BCUT2D eigenvalue weighted by atomic mass is 9.77. The van der Waals surface area contributed by atoms with Crippen LogP contribution in [0.2, 0.25) is 0 Å². The molecule has 4 heteroatoms. The molecular formula is C24H41N3O. The molecule has 4 nitrogen and oxygen atoms in total. The first-order valence-electron chi connectivity index (χ1n) is 10.7. The second-order valence-electron chi connectivity index (χ2n) is 10.2. The van der Waals surface area contributed by atoms with Crippen LogP contribution in [0.4, 0.5) is 0 Å². The topological polar surface area (TPSA) is 35.6 Å². The minimum Gasteiger partial charge on any atom is -0.352 e. The molecule has 0 spiro atoms. The van der Waals surface area contributed by atoms with Gasteiger partial charge in [-0.15, -0.1) is 0 Å². The van der Waals surface area contributed by atoms with Crippen molar-refractivity contribution in [2.75, 3.05) is 7.05 Å². The summed E-state index contributed by atoms with van der Waals surface area (Å²) in [6, 6.07) is 10.7. The van der Waals surface area contributed by atoms with Gasteiger partial charge in [0.2, 0.25) is 5.91 Å². The molecule has 1 saturated heterocycles. The molecule has 158 valence electrons. The summed E-state index contributed by atoms with van der Waals surface area (Å²) in [6.07, 6.45) is 1.92. The Hall–Kier alpha value is -1.39. The number of carbonyl (C=O) groups excluding carboxylic acids is 1. The average molecular weight is 388 g/mol. The zero-order valence-corrected chi connectivity index (χ0v) is 19.4. The Morgan fingerprint density at radius 3 is 1.89 bits per heavy atom. The molecule has 0 aliphatic carbocycles. The normalized spacial score (nSPS) is 21.3. The van der Waals surface area contributed by atoms with Gasteiger partial charge in [0.05, 0.1) is 0 Å². The molecule has 2 rings (SSSR count). The lowest BCUT2D eigenvalue weighted by molar-refractivity contribution is -0.130. The van der Waals surface area contributed by atoms with Crippen LogP contribution < -0.4 is 5.32 Å². The van der Waals surface area contributed by atoms with Gasteiger partial charge in [-0.1, -0.05) is 30.3 Å². The number of amides is 1. The zero-order chi connectivity index (χ0) is 21.3. The van der Waals surface area contributed by atoms with Gasteiger partial charge in [-0.25, -0.2) is 0 Å². The Balaban J connectivity index is 2.31. The van der Waals surface area contributed by atoms with Crippen LogP contribution in [0.3, 0.4) is 0 Å². The highest BCUT2D eigenvalue weighted by atomic mass is 16.2. The zero-order valence-electron chi connectivity index (χ0n) is 19.4. The van der Waals surface area contributed by atoms with E-state index in [1.165, 1.54) is 0 Å². The summed E-state index contributed by atoms with van der Waals surface area (Å²) in [6.45, 7) is 17.8. The SMILES string of the molecule is CC(C)N(C(C)C)C(C(=O)NC1CC(C)(C)N(C)C(C)(C)C1)c1ccccc1. The molecular weight excluding hydrogens is 346 g/mol. The number of benzene rings is 1. The van der Waals surface area contributed by atoms with E-state index < -0.39 is 0 Å². The molecule has 1 N–H and O–H groups in total. The van der Waals surface area contributed by atoms with Gasteiger partial charge in [0.25, 0.3) is 0 Å². The van der Waals surface area contributed by atoms with Crippen molar-refractivity contribution in [2.45, 2.75) is 103 Å². The molecule has 1 aromatic carbocycles. The van der Waals surface area contributed by atoms with Crippen LogP contribution in [0.15, 0.2) is 30.3 Å². The fourth-order valence-corrected chi connectivity index (χ4v) is 5.04. The average Bonchev–Trinajstić information content (AvgIpc) is 2.56. The lowest BCUT2D eigenvalue weighted by Crippen LogP contribution is -2.63. The number of nitrogens with zero attached hydrogens (tertiary/aromatic N) is 2. The monoisotopic (exact) mass is 387 g/mol. The third kappa shape index (κ3) is 4.96. The van der Waals surface area contributed by atoms with Crippen LogP contribution >= 0.6 is 0 Å². The Kier molecular flexibility index (Phi) is 6.99. The van der Waals surface area contributed by atoms with Gasteiger partial charge < -0.3 is 5.32 Å². The molecule has 1 atom stereocenters. The third-order valence-electron chi connectivity index (χ3n) is 6.51. The van der Waals surface area contributed by atoms with Gasteiger partial charge in [0.1, 0.15) is 6.04 Å². The van der Waals surface area contributed by atoms with Crippen molar-refractivity contribution in [3.05, 3.63) is 35.9 Å². The van der Waals surface area contributed by atoms with Crippen LogP contribution in [0.25, 0.3) is 0 Å². The molecule has 1 aliphatic heterocycles. The number of piperidine rings is 1. The summed E-state index contributed by atoms with van der Waals surface area (Å²) in [5.74, 6) is 0.120. The van der Waals surface area contributed by atoms with Crippen molar-refractivity contribution >= 4 is 5.91 Å². The number of rotatable bonds is 6. The van der Waals surface area contributed by atoms with E-state index in [2.05, 4.69) is 89.7 Å². The first-order valence-corrected chi connectivity index (χ1v) is 10.7. The van der Waals surface area contributed by atoms with Gasteiger partial charge in [-0.05, 0) is 80.8 Å². The molecule has 0 bridgehead atoms. The molecule has 28 heavy (non-hydrogen) atoms. The number of hydrogen-bond acceptors (Lipinski definition) is 3. The number of likely N-dealkylation sites (tertiary alicyclic amines) is 1. The van der Waals surface area contributed by atoms with Crippen LogP contribution in [0.5, 0.6) is 0 Å². The minimum atomic E-state index is -0.271. The van der Waals surface area contributed by atoms with Crippen molar-refractivity contribution in [1.29, 1.82) is 0 Å². The Bertz CT molecular complexity index is 625. The number of hydrogen-bond donors (Lipinski definition) is 1. The minimum absolute atomic E-state index is 0.0533. The van der Waals surface area contributed by atoms with Gasteiger partial charge >= 0.3 is 0 Å². The van der Waals surface area contributed by atoms with Gasteiger partial charge in [0.15, 0.2) is 0 Å². The van der Waals surface area contributed by atoms with Crippen molar-refractivity contribution in [1.82, 2.24) is 15.1 Å². The smallest absolute Gasteiger partial charge is 0.242 e. The van der Waals surface area contributed by atoms with Crippen molar-refractivity contribution in [3.8, 4) is 0 Å². The maximum Gasteiger partial charge on any atom is 0.242 e. The molecule has 1 aromatic rings. The molecule has 1 amide bonds. The molecule has 1 unspecified atom stereocenters. The highest BCUT2D eigenvalue weighted by molar-refractivity contribution is 5.83. The van der Waals surface area contributed by atoms with E-state index in [1.807, 2.05) is 18.2 Å². The van der Waals surface area contributed by atoms with Gasteiger partial charge in [0, 0.05) is 29.2 Å². The number of carbonyl (C=O) groups is 1. The summed E-state index contributed by atoms with van der Waals surface area (Å²) < 4.78 is 0. The van der Waals surface area contributed by atoms with E-state index in [9.17, 15) is 4.79 Å². The Labute approximate surface area is 172 Å². The van der Waals surface area contributed by atoms with Gasteiger partial charge in [-0.3, -0.25) is 14.6 Å². The maximum absolute atomic E-state index is 13.6. The highest BCUT2D eigenvalue weighted by Crippen LogP contribution is 2.37. The Morgan fingerprint density at radius 2 is 1.46 bits per heavy atom. The summed E-state index contributed by atoms with van der Waals surface area (Å²) in [5, 5.41) is 3.43. The molecule has 1 heterocycles. The second kappa shape index (κ2) is 8.54. The van der Waals surface area contributed by atoms with Crippen LogP contribution in [-0.2, 0) is 4.79 Å². The summed E-state index contributed by atoms with van der Waals surface area (Å²) >= 11 is 0. The molecule has 0 saturated carbocycles. The van der Waals surface area contributed by atoms with Crippen LogP contribution in [-0.4, -0.2) is 52.0 Å². The highest BCUT2D eigenvalue weighted by Gasteiger charge is 2.44. The quantitative estimate of drug-likeness (QED) is 0.774. The fourth-order valence-electron chi connectivity index (χ4n) is 5.04. The molecule has 1 aliphatic rings. The Morgan fingerprint density at radius 1 is 1.00 bits per heavy atom. The fraction of sp³-hybridized carbons (Fsp3) is 0.708. The van der Waals surface area contributed by atoms with Crippen molar-refractivity contribution < 1.29 is 4.79 Å².